The molecule has 1 aromatic rings. The highest BCUT2D eigenvalue weighted by molar-refractivity contribution is 5.96. The molecule has 0 saturated carbocycles. The number of ether oxygens (including phenoxy) is 1. The van der Waals surface area contributed by atoms with Gasteiger partial charge in [0.25, 0.3) is 0 Å². The van der Waals surface area contributed by atoms with Gasteiger partial charge in [-0.2, -0.15) is 0 Å². The Morgan fingerprint density at radius 1 is 1.41 bits per heavy atom. The maximum absolute atomic E-state index is 12.0. The topological polar surface area (TPSA) is 29.5 Å². The van der Waals surface area contributed by atoms with Gasteiger partial charge in [-0.3, -0.25) is 4.79 Å². The zero-order chi connectivity index (χ0) is 12.3. The minimum atomic E-state index is 0.215. The van der Waals surface area contributed by atoms with Crippen LogP contribution in [0.25, 0.3) is 0 Å². The minimum absolute atomic E-state index is 0.215. The van der Waals surface area contributed by atoms with E-state index in [2.05, 4.69) is 0 Å². The Morgan fingerprint density at radius 3 is 3.00 bits per heavy atom. The van der Waals surface area contributed by atoms with Crippen LogP contribution < -0.4 is 4.74 Å². The third-order valence-corrected chi connectivity index (χ3v) is 3.02. The van der Waals surface area contributed by atoms with E-state index in [1.54, 1.807) is 0 Å². The predicted octanol–water partition coefficient (Wildman–Crippen LogP) is 2.15. The first kappa shape index (κ1) is 12.1. The van der Waals surface area contributed by atoms with Gasteiger partial charge in [-0.25, -0.2) is 0 Å². The van der Waals surface area contributed by atoms with Crippen LogP contribution in [0.4, 0.5) is 0 Å². The predicted molar refractivity (Wildman–Crippen MR) is 67.8 cm³/mol. The first-order chi connectivity index (χ1) is 8.16. The number of carbonyl (C=O) groups is 1. The van der Waals surface area contributed by atoms with Crippen LogP contribution in [0.3, 0.4) is 0 Å². The van der Waals surface area contributed by atoms with Crippen molar-refractivity contribution in [1.29, 1.82) is 0 Å². The lowest BCUT2D eigenvalue weighted by Gasteiger charge is -2.17. The lowest BCUT2D eigenvalue weighted by molar-refractivity contribution is 0.0972. The SMILES string of the molecule is CN(C)CCC(=O)c1ccc2c(c1)CCCO2. The summed E-state index contributed by atoms with van der Waals surface area (Å²) >= 11 is 0. The molecule has 0 spiro atoms. The number of hydrogen-bond acceptors (Lipinski definition) is 3. The second-order valence-electron chi connectivity index (χ2n) is 4.75. The van der Waals surface area contributed by atoms with Crippen molar-refractivity contribution in [3.8, 4) is 5.75 Å². The average Bonchev–Trinajstić information content (AvgIpc) is 2.35. The molecule has 0 aliphatic carbocycles. The number of rotatable bonds is 4. The second kappa shape index (κ2) is 5.32. The molecular formula is C14H19NO2. The van der Waals surface area contributed by atoms with Crippen LogP contribution in [0, 0.1) is 0 Å². The van der Waals surface area contributed by atoms with Gasteiger partial charge in [0.2, 0.25) is 0 Å². The number of fused-ring (bicyclic) bond motifs is 1. The van der Waals surface area contributed by atoms with Gasteiger partial charge in [-0.15, -0.1) is 0 Å². The number of hydrogen-bond donors (Lipinski definition) is 0. The average molecular weight is 233 g/mol. The number of nitrogens with zero attached hydrogens (tertiary/aromatic N) is 1. The van der Waals surface area contributed by atoms with Crippen molar-refractivity contribution in [3.05, 3.63) is 29.3 Å². The second-order valence-corrected chi connectivity index (χ2v) is 4.75. The Morgan fingerprint density at radius 2 is 2.24 bits per heavy atom. The van der Waals surface area contributed by atoms with E-state index in [1.165, 1.54) is 5.56 Å². The van der Waals surface area contributed by atoms with E-state index in [0.29, 0.717) is 6.42 Å². The first-order valence-corrected chi connectivity index (χ1v) is 6.10. The van der Waals surface area contributed by atoms with Crippen LogP contribution in [-0.2, 0) is 6.42 Å². The van der Waals surface area contributed by atoms with Gasteiger partial charge in [0.1, 0.15) is 5.75 Å². The molecule has 1 aliphatic heterocycles. The highest BCUT2D eigenvalue weighted by atomic mass is 16.5. The summed E-state index contributed by atoms with van der Waals surface area (Å²) < 4.78 is 5.54. The smallest absolute Gasteiger partial charge is 0.164 e. The zero-order valence-corrected chi connectivity index (χ0v) is 10.5. The molecule has 1 aromatic carbocycles. The molecule has 0 fully saturated rings. The lowest BCUT2D eigenvalue weighted by Crippen LogP contribution is -2.17. The molecule has 3 nitrogen and oxygen atoms in total. The summed E-state index contributed by atoms with van der Waals surface area (Å²) in [6, 6.07) is 5.80. The van der Waals surface area contributed by atoms with E-state index in [1.807, 2.05) is 37.2 Å². The highest BCUT2D eigenvalue weighted by Gasteiger charge is 2.13. The van der Waals surface area contributed by atoms with Crippen molar-refractivity contribution in [2.24, 2.45) is 0 Å². The Bertz CT molecular complexity index is 413. The maximum Gasteiger partial charge on any atom is 0.164 e. The molecule has 1 heterocycles. The standard InChI is InChI=1S/C14H19NO2/c1-15(2)8-7-13(16)11-5-6-14-12(10-11)4-3-9-17-14/h5-6,10H,3-4,7-9H2,1-2H3. The Hall–Kier alpha value is -1.35. The largest absolute Gasteiger partial charge is 0.493 e. The lowest BCUT2D eigenvalue weighted by atomic mass is 10.00. The van der Waals surface area contributed by atoms with E-state index in [4.69, 9.17) is 4.74 Å². The van der Waals surface area contributed by atoms with Crippen molar-refractivity contribution >= 4 is 5.78 Å². The molecule has 0 unspecified atom stereocenters. The molecule has 1 aliphatic rings. The van der Waals surface area contributed by atoms with Crippen molar-refractivity contribution < 1.29 is 9.53 Å². The fourth-order valence-electron chi connectivity index (χ4n) is 2.00. The summed E-state index contributed by atoms with van der Waals surface area (Å²) in [6.07, 6.45) is 2.64. The van der Waals surface area contributed by atoms with Gasteiger partial charge in [-0.05, 0) is 50.7 Å². The maximum atomic E-state index is 12.0. The van der Waals surface area contributed by atoms with Crippen LogP contribution in [0.1, 0.15) is 28.8 Å². The molecule has 3 heteroatoms. The number of Topliss-reactive ketones (excluding diaryl/α,β-unsaturated/α-hetero) is 1. The summed E-state index contributed by atoms with van der Waals surface area (Å²) in [5, 5.41) is 0. The zero-order valence-electron chi connectivity index (χ0n) is 10.5. The summed E-state index contributed by atoms with van der Waals surface area (Å²) in [7, 11) is 3.96. The van der Waals surface area contributed by atoms with Crippen LogP contribution in [0.5, 0.6) is 5.75 Å². The molecule has 0 amide bonds. The van der Waals surface area contributed by atoms with E-state index in [-0.39, 0.29) is 5.78 Å². The van der Waals surface area contributed by atoms with Crippen molar-refractivity contribution in [2.75, 3.05) is 27.2 Å². The quantitative estimate of drug-likeness (QED) is 0.746. The summed E-state index contributed by atoms with van der Waals surface area (Å²) in [4.78, 5) is 14.0. The van der Waals surface area contributed by atoms with E-state index >= 15 is 0 Å². The van der Waals surface area contributed by atoms with Crippen LogP contribution >= 0.6 is 0 Å². The van der Waals surface area contributed by atoms with E-state index in [9.17, 15) is 4.79 Å². The fourth-order valence-corrected chi connectivity index (χ4v) is 2.00. The van der Waals surface area contributed by atoms with Gasteiger partial charge in [0.05, 0.1) is 6.61 Å². The van der Waals surface area contributed by atoms with E-state index < -0.39 is 0 Å². The molecule has 17 heavy (non-hydrogen) atoms. The normalized spacial score (nSPS) is 14.3. The minimum Gasteiger partial charge on any atom is -0.493 e. The molecule has 0 bridgehead atoms. The summed E-state index contributed by atoms with van der Waals surface area (Å²) in [5.74, 6) is 1.16. The van der Waals surface area contributed by atoms with Gasteiger partial charge >= 0.3 is 0 Å². The molecule has 0 saturated heterocycles. The molecule has 0 radical (unpaired) electrons. The van der Waals surface area contributed by atoms with Crippen LogP contribution in [0.2, 0.25) is 0 Å². The number of benzene rings is 1. The first-order valence-electron chi connectivity index (χ1n) is 6.10. The van der Waals surface area contributed by atoms with E-state index in [0.717, 1.165) is 37.3 Å². The van der Waals surface area contributed by atoms with Gasteiger partial charge in [0, 0.05) is 18.5 Å². The number of ketones is 1. The summed E-state index contributed by atoms with van der Waals surface area (Å²) in [5.41, 5.74) is 1.99. The number of carbonyl (C=O) groups excluding carboxylic acids is 1. The van der Waals surface area contributed by atoms with Gasteiger partial charge < -0.3 is 9.64 Å². The molecular weight excluding hydrogens is 214 g/mol. The van der Waals surface area contributed by atoms with Gasteiger partial charge in [0.15, 0.2) is 5.78 Å². The Balaban J connectivity index is 2.08. The fraction of sp³-hybridized carbons (Fsp3) is 0.500. The Kier molecular flexibility index (Phi) is 3.79. The molecule has 0 N–H and O–H groups in total. The molecule has 2 rings (SSSR count). The van der Waals surface area contributed by atoms with Crippen molar-refractivity contribution in [2.45, 2.75) is 19.3 Å². The molecule has 92 valence electrons. The Labute approximate surface area is 102 Å². The third kappa shape index (κ3) is 3.07. The highest BCUT2D eigenvalue weighted by Crippen LogP contribution is 2.25. The molecule has 0 atom stereocenters. The molecule has 0 aromatic heterocycles. The van der Waals surface area contributed by atoms with Crippen LogP contribution in [-0.4, -0.2) is 37.9 Å². The van der Waals surface area contributed by atoms with Crippen molar-refractivity contribution in [3.63, 3.8) is 0 Å². The van der Waals surface area contributed by atoms with Crippen LogP contribution in [0.15, 0.2) is 18.2 Å². The summed E-state index contributed by atoms with van der Waals surface area (Å²) in [6.45, 7) is 1.59. The van der Waals surface area contributed by atoms with Crippen molar-refractivity contribution in [1.82, 2.24) is 4.90 Å². The third-order valence-electron chi connectivity index (χ3n) is 3.02. The van der Waals surface area contributed by atoms with Gasteiger partial charge in [-0.1, -0.05) is 0 Å². The monoisotopic (exact) mass is 233 g/mol. The number of aryl methyl sites for hydroxylation is 1.